The zero-order chi connectivity index (χ0) is 15.8. The number of thiazole rings is 1. The van der Waals surface area contributed by atoms with Gasteiger partial charge in [0.25, 0.3) is 0 Å². The predicted octanol–water partition coefficient (Wildman–Crippen LogP) is 4.29. The van der Waals surface area contributed by atoms with Crippen molar-refractivity contribution in [1.82, 2.24) is 4.98 Å². The standard InChI is InChI=1S/C13H11BrF2N2O2S/c1-13(2,11(19)20)9-5-21-12(17-9)18-10-7(14)3-6(15)4-8(10)16/h3-5H,1-2H3,(H,17,18)(H,19,20). The van der Waals surface area contributed by atoms with Crippen molar-refractivity contribution < 1.29 is 18.7 Å². The molecule has 1 heterocycles. The number of nitrogens with one attached hydrogen (secondary N) is 1. The first-order valence-electron chi connectivity index (χ1n) is 5.83. The second-order valence-electron chi connectivity index (χ2n) is 4.84. The molecule has 2 aromatic rings. The van der Waals surface area contributed by atoms with Crippen LogP contribution >= 0.6 is 27.3 Å². The summed E-state index contributed by atoms with van der Waals surface area (Å²) in [6.45, 7) is 3.06. The van der Waals surface area contributed by atoms with Gasteiger partial charge < -0.3 is 10.4 Å². The van der Waals surface area contributed by atoms with Gasteiger partial charge in [-0.05, 0) is 35.8 Å². The van der Waals surface area contributed by atoms with Crippen LogP contribution in [-0.2, 0) is 10.2 Å². The number of carboxylic acid groups (broad SMARTS) is 1. The van der Waals surface area contributed by atoms with Crippen LogP contribution < -0.4 is 5.32 Å². The molecule has 0 amide bonds. The lowest BCUT2D eigenvalue weighted by molar-refractivity contribution is -0.142. The summed E-state index contributed by atoms with van der Waals surface area (Å²) < 4.78 is 27.0. The topological polar surface area (TPSA) is 62.2 Å². The van der Waals surface area contributed by atoms with Gasteiger partial charge in [0.05, 0.1) is 11.4 Å². The number of anilines is 2. The summed E-state index contributed by atoms with van der Waals surface area (Å²) in [4.78, 5) is 15.3. The van der Waals surface area contributed by atoms with Crippen molar-refractivity contribution in [3.63, 3.8) is 0 Å². The van der Waals surface area contributed by atoms with E-state index in [0.717, 1.165) is 23.5 Å². The minimum Gasteiger partial charge on any atom is -0.481 e. The number of aliphatic carboxylic acids is 1. The van der Waals surface area contributed by atoms with Crippen molar-refractivity contribution in [2.75, 3.05) is 5.32 Å². The number of nitrogens with zero attached hydrogens (tertiary/aromatic N) is 1. The fraction of sp³-hybridized carbons (Fsp3) is 0.231. The third-order valence-electron chi connectivity index (χ3n) is 2.92. The Balaban J connectivity index is 2.31. The number of aromatic nitrogens is 1. The Morgan fingerprint density at radius 2 is 2.10 bits per heavy atom. The molecule has 0 spiro atoms. The van der Waals surface area contributed by atoms with E-state index in [4.69, 9.17) is 5.11 Å². The quantitative estimate of drug-likeness (QED) is 0.835. The molecule has 1 aromatic heterocycles. The molecule has 112 valence electrons. The lowest BCUT2D eigenvalue weighted by Crippen LogP contribution is -2.28. The van der Waals surface area contributed by atoms with Gasteiger partial charge in [-0.1, -0.05) is 0 Å². The summed E-state index contributed by atoms with van der Waals surface area (Å²) in [5.74, 6) is -2.47. The maximum Gasteiger partial charge on any atom is 0.315 e. The zero-order valence-electron chi connectivity index (χ0n) is 11.1. The second kappa shape index (κ2) is 5.69. The van der Waals surface area contributed by atoms with Crippen LogP contribution in [0.25, 0.3) is 0 Å². The van der Waals surface area contributed by atoms with Crippen LogP contribution in [0.15, 0.2) is 22.0 Å². The Kier molecular flexibility index (Phi) is 4.29. The molecule has 0 saturated carbocycles. The van der Waals surface area contributed by atoms with Gasteiger partial charge in [-0.2, -0.15) is 0 Å². The van der Waals surface area contributed by atoms with E-state index in [1.165, 1.54) is 13.8 Å². The monoisotopic (exact) mass is 376 g/mol. The number of carboxylic acids is 1. The first-order valence-corrected chi connectivity index (χ1v) is 7.50. The largest absolute Gasteiger partial charge is 0.481 e. The van der Waals surface area contributed by atoms with Crippen LogP contribution in [0.5, 0.6) is 0 Å². The number of halogens is 3. The summed E-state index contributed by atoms with van der Waals surface area (Å²) in [7, 11) is 0. The van der Waals surface area contributed by atoms with Gasteiger partial charge in [-0.15, -0.1) is 11.3 Å². The van der Waals surface area contributed by atoms with Gasteiger partial charge in [0.2, 0.25) is 0 Å². The SMILES string of the molecule is CC(C)(C(=O)O)c1csc(Nc2c(F)cc(F)cc2Br)n1. The molecule has 0 radical (unpaired) electrons. The third kappa shape index (κ3) is 3.21. The first-order chi connectivity index (χ1) is 9.71. The lowest BCUT2D eigenvalue weighted by Gasteiger charge is -2.15. The maximum atomic E-state index is 13.7. The Morgan fingerprint density at radius 1 is 1.43 bits per heavy atom. The van der Waals surface area contributed by atoms with E-state index in [1.54, 1.807) is 5.38 Å². The van der Waals surface area contributed by atoms with Gasteiger partial charge in [0.1, 0.15) is 11.2 Å². The highest BCUT2D eigenvalue weighted by atomic mass is 79.9. The lowest BCUT2D eigenvalue weighted by atomic mass is 9.90. The Morgan fingerprint density at radius 3 is 2.67 bits per heavy atom. The molecule has 0 bridgehead atoms. The molecule has 1 aromatic carbocycles. The molecule has 0 fully saturated rings. The molecule has 0 unspecified atom stereocenters. The highest BCUT2D eigenvalue weighted by Crippen LogP contribution is 2.33. The smallest absolute Gasteiger partial charge is 0.315 e. The van der Waals surface area contributed by atoms with E-state index >= 15 is 0 Å². The minimum absolute atomic E-state index is 0.0467. The van der Waals surface area contributed by atoms with E-state index in [9.17, 15) is 13.6 Å². The van der Waals surface area contributed by atoms with Crippen LogP contribution in [0, 0.1) is 11.6 Å². The molecule has 21 heavy (non-hydrogen) atoms. The molecule has 0 saturated heterocycles. The Labute approximate surface area is 132 Å². The molecule has 0 aliphatic heterocycles. The van der Waals surface area contributed by atoms with Crippen molar-refractivity contribution in [2.24, 2.45) is 0 Å². The average Bonchev–Trinajstić information content (AvgIpc) is 2.82. The maximum absolute atomic E-state index is 13.7. The van der Waals surface area contributed by atoms with Crippen LogP contribution in [0.4, 0.5) is 19.6 Å². The number of carbonyl (C=O) groups is 1. The molecule has 4 nitrogen and oxygen atoms in total. The number of hydrogen-bond acceptors (Lipinski definition) is 4. The molecule has 0 atom stereocenters. The second-order valence-corrected chi connectivity index (χ2v) is 6.55. The van der Waals surface area contributed by atoms with Crippen LogP contribution in [-0.4, -0.2) is 16.1 Å². The molecular formula is C13H11BrF2N2O2S. The van der Waals surface area contributed by atoms with Gasteiger partial charge in [0.15, 0.2) is 10.9 Å². The van der Waals surface area contributed by atoms with Crippen molar-refractivity contribution in [2.45, 2.75) is 19.3 Å². The molecule has 0 aliphatic carbocycles. The average molecular weight is 377 g/mol. The highest BCUT2D eigenvalue weighted by molar-refractivity contribution is 9.10. The van der Waals surface area contributed by atoms with Crippen LogP contribution in [0.2, 0.25) is 0 Å². The molecule has 0 aliphatic rings. The van der Waals surface area contributed by atoms with Crippen molar-refractivity contribution >= 4 is 44.1 Å². The third-order valence-corrected chi connectivity index (χ3v) is 4.30. The number of rotatable bonds is 4. The molecule has 2 N–H and O–H groups in total. The van der Waals surface area contributed by atoms with Crippen molar-refractivity contribution in [3.8, 4) is 0 Å². The fourth-order valence-electron chi connectivity index (χ4n) is 1.50. The summed E-state index contributed by atoms with van der Waals surface area (Å²) in [5, 5.41) is 13.8. The van der Waals surface area contributed by atoms with Gasteiger partial charge in [-0.25, -0.2) is 13.8 Å². The van der Waals surface area contributed by atoms with Gasteiger partial charge >= 0.3 is 5.97 Å². The predicted molar refractivity (Wildman–Crippen MR) is 80.1 cm³/mol. The van der Waals surface area contributed by atoms with E-state index in [0.29, 0.717) is 10.8 Å². The van der Waals surface area contributed by atoms with E-state index in [1.807, 2.05) is 0 Å². The highest BCUT2D eigenvalue weighted by Gasteiger charge is 2.32. The van der Waals surface area contributed by atoms with Crippen molar-refractivity contribution in [1.29, 1.82) is 0 Å². The fourth-order valence-corrected chi connectivity index (χ4v) is 2.89. The normalized spacial score (nSPS) is 11.5. The number of benzene rings is 1. The van der Waals surface area contributed by atoms with E-state index in [-0.39, 0.29) is 10.2 Å². The summed E-state index contributed by atoms with van der Waals surface area (Å²) in [6, 6.07) is 1.88. The first kappa shape index (κ1) is 15.8. The number of hydrogen-bond donors (Lipinski definition) is 2. The van der Waals surface area contributed by atoms with Crippen LogP contribution in [0.1, 0.15) is 19.5 Å². The Bertz CT molecular complexity index is 680. The minimum atomic E-state index is -1.14. The summed E-state index contributed by atoms with van der Waals surface area (Å²) in [5.41, 5.74) is -0.735. The van der Waals surface area contributed by atoms with E-state index in [2.05, 4.69) is 26.2 Å². The molecular weight excluding hydrogens is 366 g/mol. The molecule has 8 heteroatoms. The van der Waals surface area contributed by atoms with E-state index < -0.39 is 23.0 Å². The summed E-state index contributed by atoms with van der Waals surface area (Å²) >= 11 is 4.21. The van der Waals surface area contributed by atoms with Crippen molar-refractivity contribution in [3.05, 3.63) is 39.3 Å². The summed E-state index contributed by atoms with van der Waals surface area (Å²) in [6.07, 6.45) is 0. The van der Waals surface area contributed by atoms with Gasteiger partial charge in [-0.3, -0.25) is 4.79 Å². The molecule has 2 rings (SSSR count). The van der Waals surface area contributed by atoms with Gasteiger partial charge in [0, 0.05) is 15.9 Å². The zero-order valence-corrected chi connectivity index (χ0v) is 13.5. The Hall–Kier alpha value is -1.54. The van der Waals surface area contributed by atoms with Crippen LogP contribution in [0.3, 0.4) is 0 Å².